The van der Waals surface area contributed by atoms with Gasteiger partial charge >= 0.3 is 6.09 Å². The van der Waals surface area contributed by atoms with Crippen molar-refractivity contribution in [3.63, 3.8) is 0 Å². The molecule has 0 bridgehead atoms. The molecule has 2 aromatic rings. The highest BCUT2D eigenvalue weighted by molar-refractivity contribution is 7.15. The molecule has 3 N–H and O–H groups in total. The molecule has 1 saturated heterocycles. The van der Waals surface area contributed by atoms with Crippen molar-refractivity contribution in [2.75, 3.05) is 18.0 Å². The van der Waals surface area contributed by atoms with Gasteiger partial charge in [0.25, 0.3) is 0 Å². The van der Waals surface area contributed by atoms with E-state index in [2.05, 4.69) is 4.98 Å². The maximum Gasteiger partial charge on any atom is 0.414 e. The van der Waals surface area contributed by atoms with E-state index in [1.807, 2.05) is 0 Å². The third-order valence-corrected chi connectivity index (χ3v) is 5.04. The van der Waals surface area contributed by atoms with Gasteiger partial charge in [-0.05, 0) is 32.0 Å². The highest BCUT2D eigenvalue weighted by atomic mass is 32.1. The van der Waals surface area contributed by atoms with E-state index in [0.29, 0.717) is 27.7 Å². The topological polar surface area (TPSA) is 88.7 Å². The third-order valence-electron chi connectivity index (χ3n) is 3.70. The average Bonchev–Trinajstić information content (AvgIpc) is 3.13. The van der Waals surface area contributed by atoms with E-state index in [0.717, 1.165) is 0 Å². The molecule has 1 atom stereocenters. The average molecular weight is 351 g/mol. The zero-order chi connectivity index (χ0) is 17.5. The second kappa shape index (κ2) is 6.12. The number of ether oxygens (including phenoxy) is 1. The van der Waals surface area contributed by atoms with E-state index in [9.17, 15) is 14.3 Å². The first-order valence-electron chi connectivity index (χ1n) is 7.46. The smallest absolute Gasteiger partial charge is 0.414 e. The number of hydrogen-bond acceptors (Lipinski definition) is 6. The number of cyclic esters (lactones) is 1. The summed E-state index contributed by atoms with van der Waals surface area (Å²) in [5.41, 5.74) is 5.22. The lowest BCUT2D eigenvalue weighted by Crippen LogP contribution is -2.27. The van der Waals surface area contributed by atoms with Crippen LogP contribution >= 0.6 is 11.3 Å². The summed E-state index contributed by atoms with van der Waals surface area (Å²) in [6, 6.07) is 4.54. The number of benzene rings is 1. The first-order valence-corrected chi connectivity index (χ1v) is 8.28. The Kier molecular flexibility index (Phi) is 4.29. The van der Waals surface area contributed by atoms with Gasteiger partial charge in [-0.2, -0.15) is 0 Å². The van der Waals surface area contributed by atoms with Crippen LogP contribution in [0.15, 0.2) is 24.4 Å². The van der Waals surface area contributed by atoms with Gasteiger partial charge in [0.1, 0.15) is 22.5 Å². The van der Waals surface area contributed by atoms with E-state index >= 15 is 0 Å². The van der Waals surface area contributed by atoms with Crippen LogP contribution in [-0.2, 0) is 10.3 Å². The molecule has 3 rings (SSSR count). The van der Waals surface area contributed by atoms with Gasteiger partial charge in [0.05, 0.1) is 17.1 Å². The van der Waals surface area contributed by atoms with E-state index in [-0.39, 0.29) is 12.6 Å². The van der Waals surface area contributed by atoms with Gasteiger partial charge in [-0.3, -0.25) is 4.90 Å². The molecule has 0 spiro atoms. The Bertz CT molecular complexity index is 772. The Labute approximate surface area is 142 Å². The SMILES string of the molecule is CC(C)(O)c1ncc(-c2ccc(N3C[C@H](CN)OC3=O)cc2F)s1. The number of halogens is 1. The summed E-state index contributed by atoms with van der Waals surface area (Å²) in [5, 5.41) is 10.5. The Morgan fingerprint density at radius 3 is 2.83 bits per heavy atom. The van der Waals surface area contributed by atoms with Crippen LogP contribution in [0.1, 0.15) is 18.9 Å². The summed E-state index contributed by atoms with van der Waals surface area (Å²) in [4.78, 5) is 17.9. The fourth-order valence-electron chi connectivity index (χ4n) is 2.41. The molecule has 0 saturated carbocycles. The highest BCUT2D eigenvalue weighted by Gasteiger charge is 2.32. The standard InChI is InChI=1S/C16H18FN3O3S/c1-16(2,22)14-19-7-13(24-14)11-4-3-9(5-12(11)17)20-8-10(6-18)23-15(20)21/h3-5,7,10,22H,6,8,18H2,1-2H3/t10-/m0/s1. The van der Waals surface area contributed by atoms with Crippen LogP contribution in [0.3, 0.4) is 0 Å². The van der Waals surface area contributed by atoms with Gasteiger partial charge in [-0.15, -0.1) is 11.3 Å². The molecule has 1 aromatic carbocycles. The summed E-state index contributed by atoms with van der Waals surface area (Å²) in [7, 11) is 0. The lowest BCUT2D eigenvalue weighted by Gasteiger charge is -2.14. The van der Waals surface area contributed by atoms with Crippen LogP contribution in [0.2, 0.25) is 0 Å². The number of carbonyl (C=O) groups excluding carboxylic acids is 1. The lowest BCUT2D eigenvalue weighted by atomic mass is 10.1. The molecular formula is C16H18FN3O3S. The van der Waals surface area contributed by atoms with Gasteiger partial charge in [0.15, 0.2) is 0 Å². The molecule has 8 heteroatoms. The number of hydrogen-bond donors (Lipinski definition) is 2. The summed E-state index contributed by atoms with van der Waals surface area (Å²) < 4.78 is 19.6. The van der Waals surface area contributed by atoms with Crippen molar-refractivity contribution >= 4 is 23.1 Å². The summed E-state index contributed by atoms with van der Waals surface area (Å²) in [6.07, 6.45) is 0.626. The predicted octanol–water partition coefficient (Wildman–Crippen LogP) is 2.46. The molecule has 1 aromatic heterocycles. The number of carbonyl (C=O) groups is 1. The van der Waals surface area contributed by atoms with Crippen molar-refractivity contribution in [3.05, 3.63) is 35.2 Å². The lowest BCUT2D eigenvalue weighted by molar-refractivity contribution is 0.0783. The Balaban J connectivity index is 1.88. The van der Waals surface area contributed by atoms with Crippen LogP contribution in [-0.4, -0.2) is 35.4 Å². The number of amides is 1. The second-order valence-electron chi connectivity index (χ2n) is 6.10. The van der Waals surface area contributed by atoms with Crippen molar-refractivity contribution in [3.8, 4) is 10.4 Å². The maximum absolute atomic E-state index is 14.5. The van der Waals surface area contributed by atoms with E-state index < -0.39 is 17.5 Å². The molecule has 128 valence electrons. The largest absolute Gasteiger partial charge is 0.443 e. The molecule has 1 fully saturated rings. The van der Waals surface area contributed by atoms with Crippen LogP contribution in [0.5, 0.6) is 0 Å². The first-order chi connectivity index (χ1) is 11.3. The number of nitrogens with zero attached hydrogens (tertiary/aromatic N) is 2. The van der Waals surface area contributed by atoms with Crippen LogP contribution < -0.4 is 10.6 Å². The maximum atomic E-state index is 14.5. The van der Waals surface area contributed by atoms with Crippen molar-refractivity contribution in [2.24, 2.45) is 5.73 Å². The molecule has 24 heavy (non-hydrogen) atoms. The molecule has 1 amide bonds. The quantitative estimate of drug-likeness (QED) is 0.883. The van der Waals surface area contributed by atoms with Gasteiger partial charge in [0, 0.05) is 18.3 Å². The summed E-state index contributed by atoms with van der Waals surface area (Å²) in [5.74, 6) is -0.470. The predicted molar refractivity (Wildman–Crippen MR) is 89.4 cm³/mol. The molecule has 1 aliphatic rings. The Morgan fingerprint density at radius 2 is 2.29 bits per heavy atom. The van der Waals surface area contributed by atoms with E-state index in [1.165, 1.54) is 28.5 Å². The monoisotopic (exact) mass is 351 g/mol. The summed E-state index contributed by atoms with van der Waals surface area (Å²) >= 11 is 1.23. The molecule has 6 nitrogen and oxygen atoms in total. The number of anilines is 1. The number of aliphatic hydroxyl groups is 1. The molecular weight excluding hydrogens is 333 g/mol. The van der Waals surface area contributed by atoms with E-state index in [4.69, 9.17) is 10.5 Å². The molecule has 1 aliphatic heterocycles. The van der Waals surface area contributed by atoms with Gasteiger partial charge in [0.2, 0.25) is 0 Å². The van der Waals surface area contributed by atoms with Gasteiger partial charge in [-0.1, -0.05) is 0 Å². The minimum atomic E-state index is -1.07. The zero-order valence-electron chi connectivity index (χ0n) is 13.3. The van der Waals surface area contributed by atoms with Crippen molar-refractivity contribution in [1.29, 1.82) is 0 Å². The number of aromatic nitrogens is 1. The van der Waals surface area contributed by atoms with Crippen molar-refractivity contribution in [2.45, 2.75) is 25.6 Å². The fourth-order valence-corrected chi connectivity index (χ4v) is 3.35. The molecule has 2 heterocycles. The second-order valence-corrected chi connectivity index (χ2v) is 7.14. The third kappa shape index (κ3) is 3.12. The highest BCUT2D eigenvalue weighted by Crippen LogP contribution is 2.34. The van der Waals surface area contributed by atoms with Gasteiger partial charge < -0.3 is 15.6 Å². The fraction of sp³-hybridized carbons (Fsp3) is 0.375. The molecule has 0 radical (unpaired) electrons. The number of rotatable bonds is 4. The number of nitrogens with two attached hydrogens (primary N) is 1. The van der Waals surface area contributed by atoms with Crippen LogP contribution in [0, 0.1) is 5.82 Å². The van der Waals surface area contributed by atoms with Gasteiger partial charge in [-0.25, -0.2) is 14.2 Å². The molecule has 0 unspecified atom stereocenters. The Morgan fingerprint density at radius 1 is 1.54 bits per heavy atom. The Hall–Kier alpha value is -2.03. The van der Waals surface area contributed by atoms with Crippen molar-refractivity contribution < 1.29 is 19.0 Å². The van der Waals surface area contributed by atoms with Crippen molar-refractivity contribution in [1.82, 2.24) is 4.98 Å². The minimum Gasteiger partial charge on any atom is -0.443 e. The normalized spacial score (nSPS) is 18.1. The molecule has 0 aliphatic carbocycles. The zero-order valence-corrected chi connectivity index (χ0v) is 14.1. The first kappa shape index (κ1) is 16.8. The minimum absolute atomic E-state index is 0.226. The van der Waals surface area contributed by atoms with Crippen LogP contribution in [0.4, 0.5) is 14.9 Å². The van der Waals surface area contributed by atoms with E-state index in [1.54, 1.807) is 26.0 Å². The number of thiazole rings is 1. The van der Waals surface area contributed by atoms with Crippen LogP contribution in [0.25, 0.3) is 10.4 Å². The summed E-state index contributed by atoms with van der Waals surface area (Å²) in [6.45, 7) is 3.78.